The molecule has 13 heteroatoms. The van der Waals surface area contributed by atoms with E-state index in [0.29, 0.717) is 61.5 Å². The van der Waals surface area contributed by atoms with E-state index in [4.69, 9.17) is 24.6 Å². The Bertz CT molecular complexity index is 1680. The molecule has 2 aromatic heterocycles. The average molecular weight is 569 g/mol. The number of aromatic nitrogens is 4. The van der Waals surface area contributed by atoms with Crippen LogP contribution in [0.1, 0.15) is 5.56 Å². The van der Waals surface area contributed by atoms with Crippen LogP contribution in [0, 0.1) is 5.82 Å². The molecule has 0 unspecified atom stereocenters. The van der Waals surface area contributed by atoms with Gasteiger partial charge in [0.15, 0.2) is 17.0 Å². The molecule has 0 aliphatic carbocycles. The standard InChI is InChI=1S/C26H23FN6O.C2HF3O2/c27-20-8-4-9-21(15-20)33-17-29-23-24(30-26(31-25(23)33)32-11-13-34-14-12-32)28-16-19-7-3-6-18-5-1-2-10-22(18)19;3-2(4,5)1(6)7/h1-10,15,17H,11-14,16H2,(H,28,30,31);(H,6,7). The average Bonchev–Trinajstić information content (AvgIpc) is 3.40. The minimum atomic E-state index is -5.08. The number of hydrogen-bond donors (Lipinski definition) is 2. The second-order valence-electron chi connectivity index (χ2n) is 9.03. The lowest BCUT2D eigenvalue weighted by Gasteiger charge is -2.27. The minimum absolute atomic E-state index is 0.309. The van der Waals surface area contributed by atoms with Crippen LogP contribution in [-0.4, -0.2) is 63.1 Å². The zero-order valence-electron chi connectivity index (χ0n) is 21.5. The summed E-state index contributed by atoms with van der Waals surface area (Å²) < 4.78 is 53.0. The van der Waals surface area contributed by atoms with Gasteiger partial charge in [-0.25, -0.2) is 14.2 Å². The lowest BCUT2D eigenvalue weighted by atomic mass is 10.0. The number of anilines is 2. The number of carboxylic acid groups (broad SMARTS) is 1. The Labute approximate surface area is 231 Å². The summed E-state index contributed by atoms with van der Waals surface area (Å²) in [5.74, 6) is -1.81. The maximum Gasteiger partial charge on any atom is 0.490 e. The van der Waals surface area contributed by atoms with Crippen LogP contribution in [0.15, 0.2) is 73.1 Å². The van der Waals surface area contributed by atoms with Crippen molar-refractivity contribution >= 4 is 39.7 Å². The molecule has 0 saturated carbocycles. The summed E-state index contributed by atoms with van der Waals surface area (Å²) in [5.41, 5.74) is 3.10. The summed E-state index contributed by atoms with van der Waals surface area (Å²) in [6, 6.07) is 21.0. The molecule has 0 amide bonds. The Hall–Kier alpha value is -4.78. The molecule has 6 rings (SSSR count). The Morgan fingerprint density at radius 2 is 1.71 bits per heavy atom. The topological polar surface area (TPSA) is 105 Å². The fraction of sp³-hybridized carbons (Fsp3) is 0.214. The third-order valence-electron chi connectivity index (χ3n) is 6.33. The minimum Gasteiger partial charge on any atom is -0.475 e. The number of carboxylic acids is 1. The predicted molar refractivity (Wildman–Crippen MR) is 145 cm³/mol. The number of rotatable bonds is 5. The first-order chi connectivity index (χ1) is 19.7. The van der Waals surface area contributed by atoms with E-state index >= 15 is 0 Å². The number of imidazole rings is 1. The number of aliphatic carboxylic acids is 1. The van der Waals surface area contributed by atoms with Gasteiger partial charge in [-0.15, -0.1) is 0 Å². The summed E-state index contributed by atoms with van der Waals surface area (Å²) >= 11 is 0. The van der Waals surface area contributed by atoms with Gasteiger partial charge in [-0.2, -0.15) is 23.1 Å². The molecule has 5 aromatic rings. The van der Waals surface area contributed by atoms with Crippen molar-refractivity contribution < 1.29 is 32.2 Å². The summed E-state index contributed by atoms with van der Waals surface area (Å²) in [4.78, 5) is 25.3. The second kappa shape index (κ2) is 11.8. The fourth-order valence-corrected chi connectivity index (χ4v) is 4.36. The van der Waals surface area contributed by atoms with E-state index in [1.807, 2.05) is 18.2 Å². The fourth-order valence-electron chi connectivity index (χ4n) is 4.36. The van der Waals surface area contributed by atoms with Crippen molar-refractivity contribution in [1.29, 1.82) is 0 Å². The molecule has 0 bridgehead atoms. The van der Waals surface area contributed by atoms with Gasteiger partial charge in [0, 0.05) is 19.6 Å². The molecular formula is C28H24F4N6O3. The van der Waals surface area contributed by atoms with Gasteiger partial charge in [0.05, 0.1) is 18.9 Å². The van der Waals surface area contributed by atoms with Gasteiger partial charge in [-0.3, -0.25) is 4.57 Å². The quantitative estimate of drug-likeness (QED) is 0.279. The van der Waals surface area contributed by atoms with Crippen LogP contribution >= 0.6 is 0 Å². The molecule has 9 nitrogen and oxygen atoms in total. The van der Waals surface area contributed by atoms with Crippen LogP contribution < -0.4 is 10.2 Å². The SMILES string of the molecule is Fc1cccc(-n2cnc3c(NCc4cccc5ccccc45)nc(N4CCOCC4)nc32)c1.O=C(O)C(F)(F)F. The van der Waals surface area contributed by atoms with E-state index in [1.165, 1.54) is 28.5 Å². The highest BCUT2D eigenvalue weighted by Crippen LogP contribution is 2.27. The second-order valence-corrected chi connectivity index (χ2v) is 9.03. The molecule has 212 valence electrons. The number of fused-ring (bicyclic) bond motifs is 2. The zero-order chi connectivity index (χ0) is 29.0. The number of benzene rings is 3. The van der Waals surface area contributed by atoms with Crippen molar-refractivity contribution in [3.05, 3.63) is 84.4 Å². The van der Waals surface area contributed by atoms with Crippen molar-refractivity contribution in [2.24, 2.45) is 0 Å². The maximum atomic E-state index is 13.9. The van der Waals surface area contributed by atoms with Gasteiger partial charge < -0.3 is 20.1 Å². The molecule has 0 atom stereocenters. The number of ether oxygens (including phenoxy) is 1. The van der Waals surface area contributed by atoms with Crippen LogP contribution in [0.5, 0.6) is 0 Å². The molecule has 1 saturated heterocycles. The molecule has 1 fully saturated rings. The number of carbonyl (C=O) groups is 1. The smallest absolute Gasteiger partial charge is 0.475 e. The largest absolute Gasteiger partial charge is 0.490 e. The first-order valence-electron chi connectivity index (χ1n) is 12.5. The highest BCUT2D eigenvalue weighted by Gasteiger charge is 2.38. The normalized spacial score (nSPS) is 13.6. The molecule has 1 aliphatic heterocycles. The Morgan fingerprint density at radius 3 is 2.44 bits per heavy atom. The van der Waals surface area contributed by atoms with Crippen molar-refractivity contribution in [3.63, 3.8) is 0 Å². The molecule has 3 heterocycles. The van der Waals surface area contributed by atoms with E-state index in [1.54, 1.807) is 17.0 Å². The number of alkyl halides is 3. The summed E-state index contributed by atoms with van der Waals surface area (Å²) in [7, 11) is 0. The molecule has 2 N–H and O–H groups in total. The van der Waals surface area contributed by atoms with E-state index in [9.17, 15) is 17.6 Å². The third-order valence-corrected chi connectivity index (χ3v) is 6.33. The Balaban J connectivity index is 0.000000431. The maximum absolute atomic E-state index is 13.9. The van der Waals surface area contributed by atoms with Gasteiger partial charge in [0.2, 0.25) is 5.95 Å². The van der Waals surface area contributed by atoms with Crippen LogP contribution in [0.4, 0.5) is 29.3 Å². The Kier molecular flexibility index (Phi) is 7.97. The van der Waals surface area contributed by atoms with Crippen LogP contribution in [0.25, 0.3) is 27.6 Å². The van der Waals surface area contributed by atoms with Crippen molar-refractivity contribution in [1.82, 2.24) is 19.5 Å². The number of morpholine rings is 1. The third kappa shape index (κ3) is 6.35. The van der Waals surface area contributed by atoms with Gasteiger partial charge in [0.1, 0.15) is 12.1 Å². The molecular weight excluding hydrogens is 544 g/mol. The van der Waals surface area contributed by atoms with E-state index in [0.717, 1.165) is 0 Å². The number of hydrogen-bond acceptors (Lipinski definition) is 7. The van der Waals surface area contributed by atoms with E-state index in [-0.39, 0.29) is 5.82 Å². The molecule has 1 aliphatic rings. The van der Waals surface area contributed by atoms with Gasteiger partial charge in [0.25, 0.3) is 0 Å². The van der Waals surface area contributed by atoms with Gasteiger partial charge in [-0.05, 0) is 34.5 Å². The number of halogens is 4. The van der Waals surface area contributed by atoms with Crippen LogP contribution in [-0.2, 0) is 16.1 Å². The molecule has 41 heavy (non-hydrogen) atoms. The van der Waals surface area contributed by atoms with Crippen molar-refractivity contribution in [2.75, 3.05) is 36.5 Å². The van der Waals surface area contributed by atoms with E-state index < -0.39 is 12.1 Å². The predicted octanol–water partition coefficient (Wildman–Crippen LogP) is 5.19. The van der Waals surface area contributed by atoms with Crippen molar-refractivity contribution in [3.8, 4) is 5.69 Å². The summed E-state index contributed by atoms with van der Waals surface area (Å²) in [6.45, 7) is 3.26. The lowest BCUT2D eigenvalue weighted by molar-refractivity contribution is -0.192. The highest BCUT2D eigenvalue weighted by atomic mass is 19.4. The number of nitrogens with one attached hydrogen (secondary N) is 1. The lowest BCUT2D eigenvalue weighted by Crippen LogP contribution is -2.37. The van der Waals surface area contributed by atoms with Crippen LogP contribution in [0.3, 0.4) is 0 Å². The zero-order valence-corrected chi connectivity index (χ0v) is 21.5. The number of nitrogens with zero attached hydrogens (tertiary/aromatic N) is 5. The summed E-state index contributed by atoms with van der Waals surface area (Å²) in [6.07, 6.45) is -3.42. The van der Waals surface area contributed by atoms with Crippen molar-refractivity contribution in [2.45, 2.75) is 12.7 Å². The Morgan fingerprint density at radius 1 is 1.00 bits per heavy atom. The molecule has 0 radical (unpaired) electrons. The van der Waals surface area contributed by atoms with E-state index in [2.05, 4.69) is 45.5 Å². The first-order valence-corrected chi connectivity index (χ1v) is 12.5. The highest BCUT2D eigenvalue weighted by molar-refractivity contribution is 5.88. The summed E-state index contributed by atoms with van der Waals surface area (Å²) in [5, 5.41) is 13.0. The van der Waals surface area contributed by atoms with Gasteiger partial charge >= 0.3 is 12.1 Å². The molecule has 3 aromatic carbocycles. The van der Waals surface area contributed by atoms with Crippen LogP contribution in [0.2, 0.25) is 0 Å². The first kappa shape index (κ1) is 27.8. The monoisotopic (exact) mass is 568 g/mol. The van der Waals surface area contributed by atoms with Gasteiger partial charge in [-0.1, -0.05) is 48.5 Å². The molecule has 0 spiro atoms.